The highest BCUT2D eigenvalue weighted by Gasteiger charge is 2.32. The molecule has 0 unspecified atom stereocenters. The molecule has 4 aromatic heterocycles. The van der Waals surface area contributed by atoms with Crippen molar-refractivity contribution in [3.8, 4) is 17.1 Å². The topological polar surface area (TPSA) is 170 Å². The molecule has 224 valence electrons. The van der Waals surface area contributed by atoms with Crippen LogP contribution in [0.1, 0.15) is 32.4 Å². The Morgan fingerprint density at radius 2 is 1.95 bits per heavy atom. The van der Waals surface area contributed by atoms with Crippen LogP contribution in [-0.4, -0.2) is 80.6 Å². The molecule has 1 amide bonds. The number of anilines is 2. The number of fused-ring (bicyclic) bond motifs is 1. The molecule has 15 heteroatoms. The number of hydrogen-bond acceptors (Lipinski definition) is 11. The average molecular weight is 608 g/mol. The molecule has 0 spiro atoms. The van der Waals surface area contributed by atoms with Gasteiger partial charge in [0, 0.05) is 38.1 Å². The molecule has 0 bridgehead atoms. The zero-order chi connectivity index (χ0) is 31.2. The summed E-state index contributed by atoms with van der Waals surface area (Å²) in [5.74, 6) is -1.20. The van der Waals surface area contributed by atoms with Gasteiger partial charge in [-0.3, -0.25) is 9.78 Å². The fourth-order valence-electron chi connectivity index (χ4n) is 5.23. The van der Waals surface area contributed by atoms with Gasteiger partial charge in [0.25, 0.3) is 0 Å². The van der Waals surface area contributed by atoms with Crippen LogP contribution < -0.4 is 16.3 Å². The zero-order valence-corrected chi connectivity index (χ0v) is 24.8. The summed E-state index contributed by atoms with van der Waals surface area (Å²) in [7, 11) is -3.88. The van der Waals surface area contributed by atoms with Crippen molar-refractivity contribution in [2.24, 2.45) is 0 Å². The Hall–Kier alpha value is -4.79. The Morgan fingerprint density at radius 3 is 2.58 bits per heavy atom. The van der Waals surface area contributed by atoms with E-state index in [0.717, 1.165) is 10.8 Å². The van der Waals surface area contributed by atoms with E-state index in [2.05, 4.69) is 31.5 Å². The van der Waals surface area contributed by atoms with Crippen molar-refractivity contribution >= 4 is 38.3 Å². The van der Waals surface area contributed by atoms with E-state index >= 15 is 4.39 Å². The van der Waals surface area contributed by atoms with Crippen LogP contribution in [0, 0.1) is 5.82 Å². The van der Waals surface area contributed by atoms with Crippen LogP contribution in [0.4, 0.5) is 15.9 Å². The van der Waals surface area contributed by atoms with Crippen molar-refractivity contribution in [2.45, 2.75) is 37.6 Å². The number of nitrogens with two attached hydrogens (primary N) is 1. The molecule has 0 aromatic carbocycles. The second-order valence-corrected chi connectivity index (χ2v) is 12.6. The van der Waals surface area contributed by atoms with Gasteiger partial charge in [0.1, 0.15) is 23.5 Å². The Balaban J connectivity index is 1.88. The fraction of sp³-hybridized carbons (Fsp3) is 0.321. The summed E-state index contributed by atoms with van der Waals surface area (Å²) in [5.41, 5.74) is 5.20. The molecule has 5 heterocycles. The summed E-state index contributed by atoms with van der Waals surface area (Å²) < 4.78 is 42.9. The number of rotatable bonds is 6. The molecule has 5 rings (SSSR count). The number of sulfone groups is 1. The summed E-state index contributed by atoms with van der Waals surface area (Å²) >= 11 is 0. The molecule has 1 saturated heterocycles. The second kappa shape index (κ2) is 11.1. The Kier molecular flexibility index (Phi) is 7.69. The van der Waals surface area contributed by atoms with Crippen LogP contribution in [0.25, 0.3) is 28.1 Å². The van der Waals surface area contributed by atoms with Crippen LogP contribution in [0.15, 0.2) is 53.2 Å². The number of piperazine rings is 1. The number of hydrogen-bond donors (Lipinski definition) is 1. The highest BCUT2D eigenvalue weighted by atomic mass is 32.2. The molecule has 4 aromatic rings. The van der Waals surface area contributed by atoms with Gasteiger partial charge in [-0.15, -0.1) is 0 Å². The Labute approximate surface area is 246 Å². The molecule has 1 fully saturated rings. The highest BCUT2D eigenvalue weighted by Crippen LogP contribution is 2.34. The highest BCUT2D eigenvalue weighted by molar-refractivity contribution is 7.90. The first kappa shape index (κ1) is 29.7. The maximum atomic E-state index is 15.9. The molecule has 1 aliphatic heterocycles. The fourth-order valence-corrected chi connectivity index (χ4v) is 6.09. The molecule has 2 N–H and O–H groups in total. The molecule has 1 atom stereocenters. The van der Waals surface area contributed by atoms with Gasteiger partial charge in [0.15, 0.2) is 21.3 Å². The number of halogens is 1. The van der Waals surface area contributed by atoms with Crippen LogP contribution in [-0.2, 0) is 14.6 Å². The van der Waals surface area contributed by atoms with Gasteiger partial charge in [0.2, 0.25) is 5.91 Å². The van der Waals surface area contributed by atoms with Crippen molar-refractivity contribution < 1.29 is 17.6 Å². The first-order valence-corrected chi connectivity index (χ1v) is 15.3. The lowest BCUT2D eigenvalue weighted by molar-refractivity contribution is -0.126. The number of carbonyl (C=O) groups excluding carboxylic acids is 1. The lowest BCUT2D eigenvalue weighted by Crippen LogP contribution is -2.54. The van der Waals surface area contributed by atoms with E-state index in [1.165, 1.54) is 36.9 Å². The van der Waals surface area contributed by atoms with Gasteiger partial charge in [-0.25, -0.2) is 37.1 Å². The molecular formula is C28H30FN9O4S. The first-order valence-electron chi connectivity index (χ1n) is 13.4. The second-order valence-electron chi connectivity index (χ2n) is 10.6. The predicted molar refractivity (Wildman–Crippen MR) is 159 cm³/mol. The molecule has 13 nitrogen and oxygen atoms in total. The van der Waals surface area contributed by atoms with E-state index in [0.29, 0.717) is 18.8 Å². The van der Waals surface area contributed by atoms with Gasteiger partial charge in [-0.05, 0) is 31.1 Å². The van der Waals surface area contributed by atoms with Crippen molar-refractivity contribution in [2.75, 3.05) is 36.5 Å². The first-order chi connectivity index (χ1) is 20.3. The van der Waals surface area contributed by atoms with E-state index in [1.807, 2.05) is 6.92 Å². The van der Waals surface area contributed by atoms with Gasteiger partial charge >= 0.3 is 5.69 Å². The summed E-state index contributed by atoms with van der Waals surface area (Å²) in [5, 5.41) is 0.141. The summed E-state index contributed by atoms with van der Waals surface area (Å²) in [6.45, 7) is 9.90. The minimum absolute atomic E-state index is 0.00436. The molecule has 1 aliphatic rings. The van der Waals surface area contributed by atoms with E-state index < -0.39 is 21.3 Å². The number of amides is 1. The third-order valence-electron chi connectivity index (χ3n) is 7.24. The van der Waals surface area contributed by atoms with E-state index in [-0.39, 0.29) is 68.9 Å². The molecule has 0 saturated carbocycles. The van der Waals surface area contributed by atoms with Crippen molar-refractivity contribution in [1.82, 2.24) is 34.4 Å². The molecule has 43 heavy (non-hydrogen) atoms. The SMILES string of the molecule is C=CC(=O)N1CCN(c2nc(=O)n(-c3c(S(C)(=O)=O)ccnc3C(C)C)c3nc(-c4ncncc4N)c(F)cc23)[C@@H](C)C1. The summed E-state index contributed by atoms with van der Waals surface area (Å²) in [6, 6.07) is 2.16. The maximum Gasteiger partial charge on any atom is 0.355 e. The van der Waals surface area contributed by atoms with Crippen LogP contribution in [0.3, 0.4) is 0 Å². The number of carbonyl (C=O) groups is 1. The third kappa shape index (κ3) is 5.31. The number of nitrogen functional groups attached to an aromatic ring is 1. The zero-order valence-electron chi connectivity index (χ0n) is 24.0. The average Bonchev–Trinajstić information content (AvgIpc) is 2.96. The quantitative estimate of drug-likeness (QED) is 0.318. The number of aromatic nitrogens is 6. The van der Waals surface area contributed by atoms with Crippen molar-refractivity contribution in [3.05, 3.63) is 65.5 Å². The Morgan fingerprint density at radius 1 is 1.21 bits per heavy atom. The van der Waals surface area contributed by atoms with Gasteiger partial charge in [-0.2, -0.15) is 4.98 Å². The van der Waals surface area contributed by atoms with Crippen molar-refractivity contribution in [1.29, 1.82) is 0 Å². The van der Waals surface area contributed by atoms with E-state index in [9.17, 15) is 18.0 Å². The summed E-state index contributed by atoms with van der Waals surface area (Å²) in [6.07, 6.45) is 6.10. The predicted octanol–water partition coefficient (Wildman–Crippen LogP) is 2.10. The van der Waals surface area contributed by atoms with Gasteiger partial charge < -0.3 is 15.5 Å². The molecule has 0 radical (unpaired) electrons. The minimum Gasteiger partial charge on any atom is -0.396 e. The molecule has 0 aliphatic carbocycles. The summed E-state index contributed by atoms with van der Waals surface area (Å²) in [4.78, 5) is 50.8. The van der Waals surface area contributed by atoms with Crippen LogP contribution in [0.5, 0.6) is 0 Å². The molecular weight excluding hydrogens is 577 g/mol. The lowest BCUT2D eigenvalue weighted by atomic mass is 10.1. The largest absolute Gasteiger partial charge is 0.396 e. The maximum absolute atomic E-state index is 15.9. The van der Waals surface area contributed by atoms with Crippen LogP contribution >= 0.6 is 0 Å². The number of nitrogens with zero attached hydrogens (tertiary/aromatic N) is 8. The lowest BCUT2D eigenvalue weighted by Gasteiger charge is -2.40. The minimum atomic E-state index is -3.88. The normalized spacial score (nSPS) is 15.7. The number of pyridine rings is 2. The smallest absolute Gasteiger partial charge is 0.355 e. The van der Waals surface area contributed by atoms with Gasteiger partial charge in [0.05, 0.1) is 33.5 Å². The van der Waals surface area contributed by atoms with E-state index in [4.69, 9.17) is 5.73 Å². The van der Waals surface area contributed by atoms with Crippen LogP contribution in [0.2, 0.25) is 0 Å². The van der Waals surface area contributed by atoms with Crippen molar-refractivity contribution in [3.63, 3.8) is 0 Å². The van der Waals surface area contributed by atoms with Gasteiger partial charge in [-0.1, -0.05) is 20.4 Å². The standard InChI is InChI=1S/C28H30FN9O4S/c1-6-21(39)36-9-10-37(16(4)13-36)26-17-11-18(29)23(24-19(30)12-31-14-33-24)34-27(17)38(28(40)35-26)25-20(43(5,41)42)7-8-32-22(25)15(2)3/h6-8,11-12,14-16H,1,9-10,13,30H2,2-5H3/t16-/m0/s1. The monoisotopic (exact) mass is 607 g/mol. The third-order valence-corrected chi connectivity index (χ3v) is 8.37. The van der Waals surface area contributed by atoms with E-state index in [1.54, 1.807) is 23.6 Å². The Bertz CT molecular complexity index is 1940.